The minimum absolute atomic E-state index is 0.348. The molecule has 1 saturated heterocycles. The fourth-order valence-electron chi connectivity index (χ4n) is 3.05. The van der Waals surface area contributed by atoms with E-state index in [2.05, 4.69) is 35.9 Å². The number of hydrogen-bond donors (Lipinski definition) is 1. The van der Waals surface area contributed by atoms with E-state index in [1.807, 2.05) is 0 Å². The van der Waals surface area contributed by atoms with Gasteiger partial charge in [0.1, 0.15) is 0 Å². The van der Waals surface area contributed by atoms with Gasteiger partial charge in [0, 0.05) is 37.8 Å². The summed E-state index contributed by atoms with van der Waals surface area (Å²) < 4.78 is 0. The molecule has 3 heteroatoms. The predicted molar refractivity (Wildman–Crippen MR) is 87.3 cm³/mol. The first-order chi connectivity index (χ1) is 9.55. The second kappa shape index (κ2) is 7.77. The topological polar surface area (TPSA) is 18.5 Å². The third-order valence-corrected chi connectivity index (χ3v) is 4.73. The first kappa shape index (κ1) is 16.3. The molecule has 118 valence electrons. The Kier molecular flexibility index (Phi) is 6.31. The molecule has 0 radical (unpaired) electrons. The molecule has 3 nitrogen and oxygen atoms in total. The van der Waals surface area contributed by atoms with Gasteiger partial charge in [0.2, 0.25) is 0 Å². The highest BCUT2D eigenvalue weighted by molar-refractivity contribution is 4.82. The smallest absolute Gasteiger partial charge is 0.0126 e. The van der Waals surface area contributed by atoms with Crippen molar-refractivity contribution < 1.29 is 0 Å². The zero-order valence-electron chi connectivity index (χ0n) is 14.0. The Morgan fingerprint density at radius 1 is 0.900 bits per heavy atom. The number of unbranched alkanes of at least 4 members (excludes halogenated alkanes) is 3. The van der Waals surface area contributed by atoms with Gasteiger partial charge in [-0.1, -0.05) is 12.8 Å². The van der Waals surface area contributed by atoms with Gasteiger partial charge in [-0.25, -0.2) is 0 Å². The summed E-state index contributed by atoms with van der Waals surface area (Å²) in [4.78, 5) is 5.28. The third-order valence-electron chi connectivity index (χ3n) is 4.73. The molecule has 1 N–H and O–H groups in total. The van der Waals surface area contributed by atoms with Crippen LogP contribution >= 0.6 is 0 Å². The lowest BCUT2D eigenvalue weighted by atomic mass is 10.0. The van der Waals surface area contributed by atoms with Crippen LogP contribution in [0.2, 0.25) is 0 Å². The lowest BCUT2D eigenvalue weighted by Gasteiger charge is -2.42. The molecule has 2 fully saturated rings. The van der Waals surface area contributed by atoms with Crippen molar-refractivity contribution >= 4 is 0 Å². The molecule has 0 aromatic carbocycles. The fourth-order valence-corrected chi connectivity index (χ4v) is 3.05. The summed E-state index contributed by atoms with van der Waals surface area (Å²) in [7, 11) is 0. The zero-order chi connectivity index (χ0) is 14.4. The van der Waals surface area contributed by atoms with Gasteiger partial charge in [-0.05, 0) is 59.5 Å². The Balaban J connectivity index is 1.42. The third kappa shape index (κ3) is 6.11. The van der Waals surface area contributed by atoms with Gasteiger partial charge >= 0.3 is 0 Å². The van der Waals surface area contributed by atoms with E-state index in [9.17, 15) is 0 Å². The van der Waals surface area contributed by atoms with E-state index < -0.39 is 0 Å². The maximum atomic E-state index is 3.60. The average molecular weight is 281 g/mol. The van der Waals surface area contributed by atoms with Gasteiger partial charge < -0.3 is 10.2 Å². The number of nitrogens with one attached hydrogen (secondary N) is 1. The van der Waals surface area contributed by atoms with Crippen molar-refractivity contribution in [3.63, 3.8) is 0 Å². The van der Waals surface area contributed by atoms with Crippen LogP contribution in [0, 0.1) is 0 Å². The van der Waals surface area contributed by atoms with E-state index in [1.54, 1.807) is 0 Å². The number of nitrogens with zero attached hydrogens (tertiary/aromatic N) is 2. The maximum absolute atomic E-state index is 3.60. The molecule has 0 aromatic rings. The molecule has 0 atom stereocenters. The van der Waals surface area contributed by atoms with Crippen LogP contribution in [0.3, 0.4) is 0 Å². The quantitative estimate of drug-likeness (QED) is 0.690. The summed E-state index contributed by atoms with van der Waals surface area (Å²) in [5.41, 5.74) is 0.348. The Morgan fingerprint density at radius 3 is 2.15 bits per heavy atom. The molecule has 20 heavy (non-hydrogen) atoms. The highest BCUT2D eigenvalue weighted by atomic mass is 15.3. The minimum Gasteiger partial charge on any atom is -0.314 e. The van der Waals surface area contributed by atoms with E-state index >= 15 is 0 Å². The van der Waals surface area contributed by atoms with E-state index in [1.165, 1.54) is 77.8 Å². The largest absolute Gasteiger partial charge is 0.314 e. The number of hydrogen-bond acceptors (Lipinski definition) is 3. The van der Waals surface area contributed by atoms with Crippen LogP contribution in [0.4, 0.5) is 0 Å². The summed E-state index contributed by atoms with van der Waals surface area (Å²) in [6, 6.07) is 0.883. The number of piperazine rings is 1. The van der Waals surface area contributed by atoms with Gasteiger partial charge in [0.25, 0.3) is 0 Å². The standard InChI is InChI=1S/C17H35N3/c1-17(2,3)20-14-12-19(13-15-20)11-7-5-4-6-10-18-16-8-9-16/h16,18H,4-15H2,1-3H3. The Morgan fingerprint density at radius 2 is 1.55 bits per heavy atom. The van der Waals surface area contributed by atoms with Crippen LogP contribution in [0.5, 0.6) is 0 Å². The Labute approximate surface area is 126 Å². The molecule has 0 bridgehead atoms. The Hall–Kier alpha value is -0.120. The summed E-state index contributed by atoms with van der Waals surface area (Å²) in [6.45, 7) is 14.6. The highest BCUT2D eigenvalue weighted by Crippen LogP contribution is 2.18. The molecule has 1 saturated carbocycles. The SMILES string of the molecule is CC(C)(C)N1CCN(CCCCCCNC2CC2)CC1. The van der Waals surface area contributed by atoms with Crippen molar-refractivity contribution in [2.24, 2.45) is 0 Å². The van der Waals surface area contributed by atoms with Gasteiger partial charge in [-0.15, -0.1) is 0 Å². The average Bonchev–Trinajstić information content (AvgIpc) is 3.21. The highest BCUT2D eigenvalue weighted by Gasteiger charge is 2.25. The molecule has 2 rings (SSSR count). The van der Waals surface area contributed by atoms with Crippen molar-refractivity contribution in [1.29, 1.82) is 0 Å². The van der Waals surface area contributed by atoms with Crippen LogP contribution in [0.1, 0.15) is 59.3 Å². The lowest BCUT2D eigenvalue weighted by Crippen LogP contribution is -2.53. The molecule has 1 heterocycles. The van der Waals surface area contributed by atoms with E-state index in [0.717, 1.165) is 6.04 Å². The van der Waals surface area contributed by atoms with Crippen LogP contribution in [0.15, 0.2) is 0 Å². The van der Waals surface area contributed by atoms with Gasteiger partial charge in [-0.3, -0.25) is 4.90 Å². The lowest BCUT2D eigenvalue weighted by molar-refractivity contribution is 0.0616. The molecular formula is C17H35N3. The van der Waals surface area contributed by atoms with Crippen LogP contribution in [0.25, 0.3) is 0 Å². The number of rotatable bonds is 8. The molecule has 0 unspecified atom stereocenters. The van der Waals surface area contributed by atoms with Gasteiger partial charge in [0.05, 0.1) is 0 Å². The fraction of sp³-hybridized carbons (Fsp3) is 1.00. The molecule has 1 aliphatic carbocycles. The van der Waals surface area contributed by atoms with Gasteiger partial charge in [0.15, 0.2) is 0 Å². The summed E-state index contributed by atoms with van der Waals surface area (Å²) in [5, 5.41) is 3.60. The van der Waals surface area contributed by atoms with Crippen molar-refractivity contribution in [3.8, 4) is 0 Å². The molecule has 1 aliphatic heterocycles. The van der Waals surface area contributed by atoms with Crippen molar-refractivity contribution in [2.45, 2.75) is 70.9 Å². The monoisotopic (exact) mass is 281 g/mol. The maximum Gasteiger partial charge on any atom is 0.0126 e. The van der Waals surface area contributed by atoms with E-state index in [-0.39, 0.29) is 0 Å². The van der Waals surface area contributed by atoms with Crippen molar-refractivity contribution in [1.82, 2.24) is 15.1 Å². The van der Waals surface area contributed by atoms with Crippen LogP contribution < -0.4 is 5.32 Å². The first-order valence-corrected chi connectivity index (χ1v) is 8.76. The Bertz CT molecular complexity index is 260. The van der Waals surface area contributed by atoms with Crippen molar-refractivity contribution in [2.75, 3.05) is 39.3 Å². The predicted octanol–water partition coefficient (Wildman–Crippen LogP) is 2.71. The second-order valence-electron chi connectivity index (χ2n) is 7.64. The molecule has 0 spiro atoms. The normalized spacial score (nSPS) is 22.4. The first-order valence-electron chi connectivity index (χ1n) is 8.76. The van der Waals surface area contributed by atoms with Gasteiger partial charge in [-0.2, -0.15) is 0 Å². The summed E-state index contributed by atoms with van der Waals surface area (Å²) in [5.74, 6) is 0. The van der Waals surface area contributed by atoms with Crippen LogP contribution in [-0.2, 0) is 0 Å². The molecule has 2 aliphatic rings. The summed E-state index contributed by atoms with van der Waals surface area (Å²) in [6.07, 6.45) is 8.40. The zero-order valence-corrected chi connectivity index (χ0v) is 14.0. The molecule has 0 aromatic heterocycles. The van der Waals surface area contributed by atoms with Crippen LogP contribution in [-0.4, -0.2) is 60.6 Å². The van der Waals surface area contributed by atoms with Crippen molar-refractivity contribution in [3.05, 3.63) is 0 Å². The van der Waals surface area contributed by atoms with E-state index in [0.29, 0.717) is 5.54 Å². The minimum atomic E-state index is 0.348. The molecule has 0 amide bonds. The van der Waals surface area contributed by atoms with E-state index in [4.69, 9.17) is 0 Å². The second-order valence-corrected chi connectivity index (χ2v) is 7.64. The molecular weight excluding hydrogens is 246 g/mol. The summed E-state index contributed by atoms with van der Waals surface area (Å²) >= 11 is 0.